The summed E-state index contributed by atoms with van der Waals surface area (Å²) in [6.07, 6.45) is 2.35. The van der Waals surface area contributed by atoms with Crippen molar-refractivity contribution in [1.82, 2.24) is 5.32 Å². The van der Waals surface area contributed by atoms with Gasteiger partial charge in [0.2, 0.25) is 0 Å². The molecule has 2 aromatic rings. The number of fused-ring (bicyclic) bond motifs is 1. The van der Waals surface area contributed by atoms with E-state index in [1.807, 2.05) is 13.1 Å². The van der Waals surface area contributed by atoms with Crippen molar-refractivity contribution >= 4 is 12.4 Å². The highest BCUT2D eigenvalue weighted by atomic mass is 35.5. The van der Waals surface area contributed by atoms with Gasteiger partial charge >= 0.3 is 0 Å². The first-order valence-corrected chi connectivity index (χ1v) is 7.23. The van der Waals surface area contributed by atoms with Crippen LogP contribution in [-0.2, 0) is 0 Å². The fraction of sp³-hybridized carbons (Fsp3) is 0.333. The molecule has 1 N–H and O–H groups in total. The normalized spacial score (nSPS) is 20.3. The quantitative estimate of drug-likeness (QED) is 0.912. The minimum atomic E-state index is 0. The smallest absolute Gasteiger partial charge is 0.119 e. The van der Waals surface area contributed by atoms with Gasteiger partial charge in [-0.1, -0.05) is 36.4 Å². The van der Waals surface area contributed by atoms with Crippen LogP contribution in [0.15, 0.2) is 48.5 Å². The molecule has 3 rings (SSSR count). The van der Waals surface area contributed by atoms with Gasteiger partial charge in [0, 0.05) is 12.0 Å². The van der Waals surface area contributed by atoms with E-state index in [1.54, 1.807) is 7.11 Å². The fourth-order valence-electron chi connectivity index (χ4n) is 3.29. The number of benzene rings is 2. The van der Waals surface area contributed by atoms with Crippen LogP contribution in [-0.4, -0.2) is 14.2 Å². The van der Waals surface area contributed by atoms with E-state index < -0.39 is 0 Å². The van der Waals surface area contributed by atoms with Gasteiger partial charge in [0.05, 0.1) is 7.11 Å². The maximum Gasteiger partial charge on any atom is 0.119 e. The Labute approximate surface area is 132 Å². The maximum absolute atomic E-state index is 5.36. The van der Waals surface area contributed by atoms with Crippen molar-refractivity contribution in [2.45, 2.75) is 24.8 Å². The Hall–Kier alpha value is -1.51. The Morgan fingerprint density at radius 2 is 1.76 bits per heavy atom. The number of ether oxygens (including phenoxy) is 1. The lowest BCUT2D eigenvalue weighted by molar-refractivity contribution is 0.413. The number of hydrogen-bond donors (Lipinski definition) is 1. The molecular weight excluding hydrogens is 282 g/mol. The van der Waals surface area contributed by atoms with Gasteiger partial charge in [-0.3, -0.25) is 0 Å². The molecule has 1 aliphatic carbocycles. The van der Waals surface area contributed by atoms with Crippen LogP contribution in [0.2, 0.25) is 0 Å². The Kier molecular flexibility index (Phi) is 5.27. The second-order valence-electron chi connectivity index (χ2n) is 5.38. The molecule has 2 atom stereocenters. The van der Waals surface area contributed by atoms with Gasteiger partial charge in [0.15, 0.2) is 0 Å². The molecule has 0 aromatic heterocycles. The Balaban J connectivity index is 0.00000161. The minimum absolute atomic E-state index is 0. The van der Waals surface area contributed by atoms with E-state index in [0.29, 0.717) is 12.0 Å². The van der Waals surface area contributed by atoms with E-state index in [-0.39, 0.29) is 12.4 Å². The molecule has 0 aliphatic heterocycles. The first-order valence-electron chi connectivity index (χ1n) is 7.23. The zero-order valence-corrected chi connectivity index (χ0v) is 13.3. The van der Waals surface area contributed by atoms with Crippen LogP contribution in [0.5, 0.6) is 5.75 Å². The van der Waals surface area contributed by atoms with Crippen LogP contribution in [0.3, 0.4) is 0 Å². The molecule has 0 amide bonds. The topological polar surface area (TPSA) is 21.3 Å². The van der Waals surface area contributed by atoms with Gasteiger partial charge < -0.3 is 10.1 Å². The van der Waals surface area contributed by atoms with Gasteiger partial charge in [0.25, 0.3) is 0 Å². The van der Waals surface area contributed by atoms with Crippen molar-refractivity contribution in [2.75, 3.05) is 14.2 Å². The molecule has 0 spiro atoms. The largest absolute Gasteiger partial charge is 0.497 e. The molecule has 0 bridgehead atoms. The maximum atomic E-state index is 5.36. The SMILES string of the molecule is CN[C@@H]1CC[C@@H](c2cccc(OC)c2)c2ccccc21.Cl. The first kappa shape index (κ1) is 15.9. The van der Waals surface area contributed by atoms with E-state index in [0.717, 1.165) is 5.75 Å². The second-order valence-corrected chi connectivity index (χ2v) is 5.38. The van der Waals surface area contributed by atoms with E-state index >= 15 is 0 Å². The molecule has 0 fully saturated rings. The van der Waals surface area contributed by atoms with Crippen LogP contribution in [0.4, 0.5) is 0 Å². The molecule has 0 saturated heterocycles. The lowest BCUT2D eigenvalue weighted by Gasteiger charge is -2.32. The molecule has 3 heteroatoms. The Bertz CT molecular complexity index is 599. The lowest BCUT2D eigenvalue weighted by Crippen LogP contribution is -2.24. The molecule has 1 aliphatic rings. The molecule has 0 radical (unpaired) electrons. The van der Waals surface area contributed by atoms with Gasteiger partial charge in [-0.25, -0.2) is 0 Å². The van der Waals surface area contributed by atoms with Gasteiger partial charge in [-0.05, 0) is 48.7 Å². The van der Waals surface area contributed by atoms with Crippen LogP contribution in [0.25, 0.3) is 0 Å². The monoisotopic (exact) mass is 303 g/mol. The van der Waals surface area contributed by atoms with Crippen LogP contribution in [0, 0.1) is 0 Å². The Morgan fingerprint density at radius 1 is 1.00 bits per heavy atom. The molecule has 2 nitrogen and oxygen atoms in total. The first-order chi connectivity index (χ1) is 9.83. The van der Waals surface area contributed by atoms with Gasteiger partial charge in [0.1, 0.15) is 5.75 Å². The second kappa shape index (κ2) is 6.97. The highest BCUT2D eigenvalue weighted by Gasteiger charge is 2.27. The molecule has 0 heterocycles. The third-order valence-electron chi connectivity index (χ3n) is 4.34. The van der Waals surface area contributed by atoms with E-state index in [2.05, 4.69) is 47.8 Å². The van der Waals surface area contributed by atoms with Crippen molar-refractivity contribution in [2.24, 2.45) is 0 Å². The van der Waals surface area contributed by atoms with E-state index in [9.17, 15) is 0 Å². The van der Waals surface area contributed by atoms with Crippen LogP contribution in [0.1, 0.15) is 41.5 Å². The predicted molar refractivity (Wildman–Crippen MR) is 89.6 cm³/mol. The molecule has 2 aromatic carbocycles. The van der Waals surface area contributed by atoms with Crippen molar-refractivity contribution in [3.05, 3.63) is 65.2 Å². The third kappa shape index (κ3) is 3.07. The summed E-state index contributed by atoms with van der Waals surface area (Å²) >= 11 is 0. The van der Waals surface area contributed by atoms with E-state index in [1.165, 1.54) is 29.5 Å². The van der Waals surface area contributed by atoms with Crippen molar-refractivity contribution in [1.29, 1.82) is 0 Å². The van der Waals surface area contributed by atoms with Crippen LogP contribution >= 0.6 is 12.4 Å². The van der Waals surface area contributed by atoms with E-state index in [4.69, 9.17) is 4.74 Å². The summed E-state index contributed by atoms with van der Waals surface area (Å²) < 4.78 is 5.36. The number of methoxy groups -OCH3 is 1. The summed E-state index contributed by atoms with van der Waals surface area (Å²) in [6.45, 7) is 0. The summed E-state index contributed by atoms with van der Waals surface area (Å²) in [5.41, 5.74) is 4.24. The Morgan fingerprint density at radius 3 is 2.48 bits per heavy atom. The average Bonchev–Trinajstić information content (AvgIpc) is 2.54. The summed E-state index contributed by atoms with van der Waals surface area (Å²) in [4.78, 5) is 0. The highest BCUT2D eigenvalue weighted by molar-refractivity contribution is 5.85. The standard InChI is InChI=1S/C18H21NO.ClH/c1-19-18-11-10-15(16-8-3-4-9-17(16)18)13-6-5-7-14(12-13)20-2;/h3-9,12,15,18-19H,10-11H2,1-2H3;1H/t15-,18+;/m0./s1. The number of halogens is 1. The zero-order valence-electron chi connectivity index (χ0n) is 12.5. The number of hydrogen-bond acceptors (Lipinski definition) is 2. The fourth-order valence-corrected chi connectivity index (χ4v) is 3.29. The summed E-state index contributed by atoms with van der Waals surface area (Å²) in [5.74, 6) is 1.42. The zero-order chi connectivity index (χ0) is 13.9. The van der Waals surface area contributed by atoms with Gasteiger partial charge in [-0.2, -0.15) is 0 Å². The molecule has 0 saturated carbocycles. The highest BCUT2D eigenvalue weighted by Crippen LogP contribution is 2.41. The molecule has 0 unspecified atom stereocenters. The van der Waals surface area contributed by atoms with Crippen molar-refractivity contribution in [3.8, 4) is 5.75 Å². The number of rotatable bonds is 3. The summed E-state index contributed by atoms with van der Waals surface area (Å²) in [6, 6.07) is 17.8. The number of nitrogens with one attached hydrogen (secondary N) is 1. The molecular formula is C18H22ClNO. The van der Waals surface area contributed by atoms with Crippen molar-refractivity contribution < 1.29 is 4.74 Å². The van der Waals surface area contributed by atoms with Gasteiger partial charge in [-0.15, -0.1) is 12.4 Å². The molecule has 112 valence electrons. The summed E-state index contributed by atoms with van der Waals surface area (Å²) in [7, 11) is 3.78. The minimum Gasteiger partial charge on any atom is -0.497 e. The summed E-state index contributed by atoms with van der Waals surface area (Å²) in [5, 5.41) is 3.43. The lowest BCUT2D eigenvalue weighted by atomic mass is 9.77. The third-order valence-corrected chi connectivity index (χ3v) is 4.34. The van der Waals surface area contributed by atoms with Crippen molar-refractivity contribution in [3.63, 3.8) is 0 Å². The average molecular weight is 304 g/mol. The predicted octanol–water partition coefficient (Wildman–Crippen LogP) is 4.30. The van der Waals surface area contributed by atoms with Crippen LogP contribution < -0.4 is 10.1 Å². The molecule has 21 heavy (non-hydrogen) atoms.